The fourth-order valence-corrected chi connectivity index (χ4v) is 2.22. The molecule has 0 aliphatic carbocycles. The Morgan fingerprint density at radius 1 is 1.35 bits per heavy atom. The van der Waals surface area contributed by atoms with Gasteiger partial charge in [0.1, 0.15) is 5.82 Å². The Balaban J connectivity index is 2.08. The van der Waals surface area contributed by atoms with Crippen molar-refractivity contribution in [2.75, 3.05) is 23.7 Å². The summed E-state index contributed by atoms with van der Waals surface area (Å²) in [7, 11) is 0. The van der Waals surface area contributed by atoms with E-state index in [9.17, 15) is 23.3 Å². The molecule has 6 nitrogen and oxygen atoms in total. The number of hydrogen-bond acceptors (Lipinski definition) is 5. The van der Waals surface area contributed by atoms with Gasteiger partial charge in [0.15, 0.2) is 0 Å². The highest BCUT2D eigenvalue weighted by Crippen LogP contribution is 2.35. The van der Waals surface area contributed by atoms with E-state index in [-0.39, 0.29) is 37.4 Å². The number of aromatic nitrogens is 1. The van der Waals surface area contributed by atoms with Crippen molar-refractivity contribution >= 4 is 17.3 Å². The monoisotopic (exact) mass is 290 g/mol. The molecule has 0 bridgehead atoms. The molecule has 2 heterocycles. The molecule has 1 aliphatic rings. The smallest absolute Gasteiger partial charge is 0.378 e. The van der Waals surface area contributed by atoms with E-state index >= 15 is 0 Å². The van der Waals surface area contributed by atoms with Crippen molar-refractivity contribution in [3.8, 4) is 0 Å². The number of pyridine rings is 1. The molecule has 110 valence electrons. The van der Waals surface area contributed by atoms with Crippen molar-refractivity contribution < 1.29 is 18.1 Å². The second-order valence-corrected chi connectivity index (χ2v) is 4.63. The third-order valence-electron chi connectivity index (χ3n) is 3.37. The van der Waals surface area contributed by atoms with E-state index in [0.29, 0.717) is 5.82 Å². The van der Waals surface area contributed by atoms with Gasteiger partial charge in [0.25, 0.3) is 0 Å². The minimum Gasteiger partial charge on any atom is -0.378 e. The van der Waals surface area contributed by atoms with Gasteiger partial charge in [0, 0.05) is 19.2 Å². The zero-order chi connectivity index (χ0) is 14.9. The summed E-state index contributed by atoms with van der Waals surface area (Å²) in [5, 5.41) is 10.6. The van der Waals surface area contributed by atoms with Crippen LogP contribution < -0.4 is 10.6 Å². The lowest BCUT2D eigenvalue weighted by molar-refractivity contribution is -0.384. The average Bonchev–Trinajstić information content (AvgIpc) is 2.37. The minimum atomic E-state index is -4.17. The number of alkyl halides is 3. The predicted molar refractivity (Wildman–Crippen MR) is 66.3 cm³/mol. The summed E-state index contributed by atoms with van der Waals surface area (Å²) >= 11 is 0. The highest BCUT2D eigenvalue weighted by atomic mass is 19.4. The summed E-state index contributed by atoms with van der Waals surface area (Å²) in [6.45, 7) is 0.406. The predicted octanol–water partition coefficient (Wildman–Crippen LogP) is 2.35. The Morgan fingerprint density at radius 2 is 1.95 bits per heavy atom. The van der Waals surface area contributed by atoms with E-state index < -0.39 is 17.0 Å². The fraction of sp³-hybridized carbons (Fsp3) is 0.545. The molecule has 0 saturated carbocycles. The SMILES string of the molecule is Nc1nc(N2CCC(C(F)(F)F)CC2)ccc1[N+](=O)[O-]. The zero-order valence-corrected chi connectivity index (χ0v) is 10.4. The maximum atomic E-state index is 12.5. The maximum absolute atomic E-state index is 12.5. The van der Waals surface area contributed by atoms with Crippen LogP contribution in [0.4, 0.5) is 30.5 Å². The van der Waals surface area contributed by atoms with Crippen molar-refractivity contribution in [3.05, 3.63) is 22.2 Å². The van der Waals surface area contributed by atoms with Gasteiger partial charge in [-0.3, -0.25) is 10.1 Å². The number of nitrogens with two attached hydrogens (primary N) is 1. The van der Waals surface area contributed by atoms with Gasteiger partial charge in [-0.05, 0) is 18.9 Å². The first-order chi connectivity index (χ1) is 9.29. The molecule has 1 saturated heterocycles. The average molecular weight is 290 g/mol. The van der Waals surface area contributed by atoms with Crippen LogP contribution in [0.5, 0.6) is 0 Å². The second kappa shape index (κ2) is 5.14. The third-order valence-corrected chi connectivity index (χ3v) is 3.37. The Bertz CT molecular complexity index is 513. The van der Waals surface area contributed by atoms with Crippen LogP contribution >= 0.6 is 0 Å². The number of nitrogens with zero attached hydrogens (tertiary/aromatic N) is 3. The number of hydrogen-bond donors (Lipinski definition) is 1. The van der Waals surface area contributed by atoms with Crippen LogP contribution in [0.15, 0.2) is 12.1 Å². The van der Waals surface area contributed by atoms with Crippen LogP contribution in [-0.4, -0.2) is 29.2 Å². The standard InChI is InChI=1S/C11H13F3N4O2/c12-11(13,14)7-3-5-17(6-4-7)9-2-1-8(18(19)20)10(15)16-9/h1-2,7H,3-6H2,(H2,15,16). The van der Waals surface area contributed by atoms with Gasteiger partial charge in [-0.15, -0.1) is 0 Å². The molecule has 9 heteroatoms. The highest BCUT2D eigenvalue weighted by Gasteiger charge is 2.41. The summed E-state index contributed by atoms with van der Waals surface area (Å²) in [6, 6.07) is 2.62. The molecular formula is C11H13F3N4O2. The molecule has 2 N–H and O–H groups in total. The number of piperidine rings is 1. The van der Waals surface area contributed by atoms with Gasteiger partial charge in [-0.25, -0.2) is 4.98 Å². The number of halogens is 3. The number of anilines is 2. The largest absolute Gasteiger partial charge is 0.391 e. The lowest BCUT2D eigenvalue weighted by Crippen LogP contribution is -2.39. The molecule has 1 aromatic rings. The topological polar surface area (TPSA) is 85.3 Å². The number of nitro groups is 1. The molecule has 0 radical (unpaired) electrons. The number of rotatable bonds is 2. The summed E-state index contributed by atoms with van der Waals surface area (Å²) in [4.78, 5) is 15.5. The van der Waals surface area contributed by atoms with Gasteiger partial charge in [0.2, 0.25) is 5.82 Å². The Morgan fingerprint density at radius 3 is 2.40 bits per heavy atom. The van der Waals surface area contributed by atoms with Crippen LogP contribution in [0.3, 0.4) is 0 Å². The van der Waals surface area contributed by atoms with E-state index in [2.05, 4.69) is 4.98 Å². The maximum Gasteiger partial charge on any atom is 0.391 e. The van der Waals surface area contributed by atoms with Crippen molar-refractivity contribution in [1.29, 1.82) is 0 Å². The van der Waals surface area contributed by atoms with Crippen molar-refractivity contribution in [1.82, 2.24) is 4.98 Å². The van der Waals surface area contributed by atoms with Gasteiger partial charge >= 0.3 is 11.9 Å². The van der Waals surface area contributed by atoms with Gasteiger partial charge in [-0.1, -0.05) is 0 Å². The van der Waals surface area contributed by atoms with Crippen LogP contribution in [0.25, 0.3) is 0 Å². The van der Waals surface area contributed by atoms with E-state index in [1.54, 1.807) is 4.90 Å². The molecule has 0 spiro atoms. The van der Waals surface area contributed by atoms with Crippen LogP contribution in [-0.2, 0) is 0 Å². The lowest BCUT2D eigenvalue weighted by atomic mass is 9.96. The molecule has 1 aliphatic heterocycles. The van der Waals surface area contributed by atoms with Crippen LogP contribution in [0.2, 0.25) is 0 Å². The molecular weight excluding hydrogens is 277 g/mol. The van der Waals surface area contributed by atoms with E-state index in [0.717, 1.165) is 0 Å². The van der Waals surface area contributed by atoms with Gasteiger partial charge in [0.05, 0.1) is 10.8 Å². The summed E-state index contributed by atoms with van der Waals surface area (Å²) < 4.78 is 37.6. The first kappa shape index (κ1) is 14.4. The summed E-state index contributed by atoms with van der Waals surface area (Å²) in [5.74, 6) is -1.16. The lowest BCUT2D eigenvalue weighted by Gasteiger charge is -2.33. The van der Waals surface area contributed by atoms with E-state index in [1.807, 2.05) is 0 Å². The molecule has 0 atom stereocenters. The third kappa shape index (κ3) is 2.91. The highest BCUT2D eigenvalue weighted by molar-refractivity contribution is 5.58. The van der Waals surface area contributed by atoms with Crippen LogP contribution in [0.1, 0.15) is 12.8 Å². The quantitative estimate of drug-likeness (QED) is 0.667. The normalized spacial score (nSPS) is 17.2. The minimum absolute atomic E-state index is 0.0118. The Labute approximate surface area is 112 Å². The number of nitrogen functional groups attached to an aromatic ring is 1. The summed E-state index contributed by atoms with van der Waals surface area (Å²) in [5.41, 5.74) is 5.16. The van der Waals surface area contributed by atoms with E-state index in [1.165, 1.54) is 12.1 Å². The Hall–Kier alpha value is -2.06. The first-order valence-electron chi connectivity index (χ1n) is 6.01. The molecule has 0 unspecified atom stereocenters. The molecule has 20 heavy (non-hydrogen) atoms. The molecule has 2 rings (SSSR count). The van der Waals surface area contributed by atoms with Gasteiger partial charge in [-0.2, -0.15) is 13.2 Å². The van der Waals surface area contributed by atoms with Crippen molar-refractivity contribution in [2.24, 2.45) is 5.92 Å². The van der Waals surface area contributed by atoms with E-state index in [4.69, 9.17) is 5.73 Å². The Kier molecular flexibility index (Phi) is 3.69. The molecule has 1 aromatic heterocycles. The molecule has 1 fully saturated rings. The van der Waals surface area contributed by atoms with Crippen molar-refractivity contribution in [2.45, 2.75) is 19.0 Å². The second-order valence-electron chi connectivity index (χ2n) is 4.63. The van der Waals surface area contributed by atoms with Crippen molar-refractivity contribution in [3.63, 3.8) is 0 Å². The molecule has 0 amide bonds. The van der Waals surface area contributed by atoms with Gasteiger partial charge < -0.3 is 10.6 Å². The fourth-order valence-electron chi connectivity index (χ4n) is 2.22. The summed E-state index contributed by atoms with van der Waals surface area (Å²) in [6.07, 6.45) is -4.20. The van der Waals surface area contributed by atoms with Crippen LogP contribution in [0, 0.1) is 16.0 Å². The molecule has 0 aromatic carbocycles. The first-order valence-corrected chi connectivity index (χ1v) is 6.01. The zero-order valence-electron chi connectivity index (χ0n) is 10.4.